The molecule has 0 bridgehead atoms. The summed E-state index contributed by atoms with van der Waals surface area (Å²) in [5.74, 6) is 0.330. The smallest absolute Gasteiger partial charge is 0.433 e. The largest absolute Gasteiger partial charge is 0.489 e. The third-order valence-electron chi connectivity index (χ3n) is 4.36. The third-order valence-corrected chi connectivity index (χ3v) is 4.36. The van der Waals surface area contributed by atoms with Crippen molar-refractivity contribution in [2.24, 2.45) is 5.41 Å². The van der Waals surface area contributed by atoms with E-state index >= 15 is 0 Å². The van der Waals surface area contributed by atoms with Crippen molar-refractivity contribution in [3.8, 4) is 5.75 Å². The number of carbonyl (C=O) groups excluding carboxylic acids is 1. The molecule has 25 heavy (non-hydrogen) atoms. The molecule has 0 unspecified atom stereocenters. The average molecular weight is 358 g/mol. The van der Waals surface area contributed by atoms with Crippen LogP contribution in [0.2, 0.25) is 0 Å². The van der Waals surface area contributed by atoms with Gasteiger partial charge in [-0.3, -0.25) is 0 Å². The normalized spacial score (nSPS) is 20.0. The van der Waals surface area contributed by atoms with E-state index in [-0.39, 0.29) is 17.6 Å². The summed E-state index contributed by atoms with van der Waals surface area (Å²) in [6.07, 6.45) is -2.17. The van der Waals surface area contributed by atoms with Crippen LogP contribution in [-0.2, 0) is 10.9 Å². The van der Waals surface area contributed by atoms with Gasteiger partial charge < -0.3 is 14.4 Å². The Morgan fingerprint density at radius 1 is 1.24 bits per heavy atom. The molecular formula is C17H21F3N2O3. The van der Waals surface area contributed by atoms with E-state index in [0.717, 1.165) is 25.1 Å². The number of aromatic nitrogens is 1. The lowest BCUT2D eigenvalue weighted by Gasteiger charge is -2.58. The first-order chi connectivity index (χ1) is 11.5. The van der Waals surface area contributed by atoms with E-state index in [2.05, 4.69) is 4.98 Å². The van der Waals surface area contributed by atoms with Crippen LogP contribution in [0, 0.1) is 5.41 Å². The SMILES string of the molecule is CC(C)(C)OC(=O)N1CC2(CC(Oc3ccc(C(F)(F)F)nc3)C2)C1. The highest BCUT2D eigenvalue weighted by Gasteiger charge is 2.55. The first-order valence-corrected chi connectivity index (χ1v) is 8.14. The summed E-state index contributed by atoms with van der Waals surface area (Å²) in [6.45, 7) is 6.74. The quantitative estimate of drug-likeness (QED) is 0.805. The Kier molecular flexibility index (Phi) is 4.12. The Hall–Kier alpha value is -1.99. The van der Waals surface area contributed by atoms with E-state index in [9.17, 15) is 18.0 Å². The van der Waals surface area contributed by atoms with Crippen molar-refractivity contribution in [3.63, 3.8) is 0 Å². The number of rotatable bonds is 2. The topological polar surface area (TPSA) is 51.7 Å². The summed E-state index contributed by atoms with van der Waals surface area (Å²) < 4.78 is 48.4. The molecule has 1 aliphatic carbocycles. The number of halogens is 3. The van der Waals surface area contributed by atoms with Crippen molar-refractivity contribution >= 4 is 6.09 Å². The van der Waals surface area contributed by atoms with Crippen LogP contribution in [0.5, 0.6) is 5.75 Å². The maximum atomic E-state index is 12.5. The van der Waals surface area contributed by atoms with Crippen LogP contribution in [0.15, 0.2) is 18.3 Å². The third kappa shape index (κ3) is 3.99. The molecular weight excluding hydrogens is 337 g/mol. The minimum atomic E-state index is -4.45. The number of nitrogens with zero attached hydrogens (tertiary/aromatic N) is 2. The van der Waals surface area contributed by atoms with Gasteiger partial charge in [0.1, 0.15) is 23.1 Å². The van der Waals surface area contributed by atoms with Gasteiger partial charge in [-0.2, -0.15) is 13.2 Å². The lowest BCUT2D eigenvalue weighted by molar-refractivity contribution is -0.141. The standard InChI is InChI=1S/C17H21F3N2O3/c1-15(2,3)25-14(23)22-9-16(10-22)6-12(7-16)24-11-4-5-13(21-8-11)17(18,19)20/h4-5,8,12H,6-7,9-10H2,1-3H3. The molecule has 138 valence electrons. The summed E-state index contributed by atoms with van der Waals surface area (Å²) >= 11 is 0. The van der Waals surface area contributed by atoms with Gasteiger partial charge in [-0.05, 0) is 45.7 Å². The van der Waals surface area contributed by atoms with Crippen LogP contribution in [-0.4, -0.2) is 40.8 Å². The van der Waals surface area contributed by atoms with Crippen molar-refractivity contribution in [1.29, 1.82) is 0 Å². The molecule has 8 heteroatoms. The van der Waals surface area contributed by atoms with Crippen molar-refractivity contribution in [3.05, 3.63) is 24.0 Å². The second-order valence-corrected chi connectivity index (χ2v) is 7.86. The molecule has 1 amide bonds. The predicted octanol–water partition coefficient (Wildman–Crippen LogP) is 3.88. The fraction of sp³-hybridized carbons (Fsp3) is 0.647. The Morgan fingerprint density at radius 3 is 2.36 bits per heavy atom. The highest BCUT2D eigenvalue weighted by molar-refractivity contribution is 5.69. The number of pyridine rings is 1. The van der Waals surface area contributed by atoms with E-state index in [1.165, 1.54) is 6.07 Å². The van der Waals surface area contributed by atoms with E-state index in [1.807, 2.05) is 20.8 Å². The molecule has 0 atom stereocenters. The fourth-order valence-corrected chi connectivity index (χ4v) is 3.28. The number of ether oxygens (including phenoxy) is 2. The zero-order chi connectivity index (χ0) is 18.5. The lowest BCUT2D eigenvalue weighted by atomic mass is 9.62. The molecule has 0 aromatic carbocycles. The molecule has 1 aliphatic heterocycles. The molecule has 2 aliphatic rings. The minimum Gasteiger partial charge on any atom is -0.489 e. The highest BCUT2D eigenvalue weighted by Crippen LogP contribution is 2.50. The summed E-state index contributed by atoms with van der Waals surface area (Å²) in [4.78, 5) is 17.0. The molecule has 5 nitrogen and oxygen atoms in total. The van der Waals surface area contributed by atoms with Crippen LogP contribution in [0.25, 0.3) is 0 Å². The maximum absolute atomic E-state index is 12.5. The van der Waals surface area contributed by atoms with Gasteiger partial charge in [-0.25, -0.2) is 9.78 Å². The van der Waals surface area contributed by atoms with E-state index in [0.29, 0.717) is 18.8 Å². The van der Waals surface area contributed by atoms with E-state index in [4.69, 9.17) is 9.47 Å². The lowest BCUT2D eigenvalue weighted by Crippen LogP contribution is -2.66. The number of alkyl halides is 3. The molecule has 1 saturated heterocycles. The van der Waals surface area contributed by atoms with Gasteiger partial charge in [0.05, 0.1) is 6.20 Å². The van der Waals surface area contributed by atoms with Crippen molar-refractivity contribution in [2.75, 3.05) is 13.1 Å². The Labute approximate surface area is 144 Å². The average Bonchev–Trinajstić information content (AvgIpc) is 2.37. The number of carbonyl (C=O) groups is 1. The number of hydrogen-bond acceptors (Lipinski definition) is 4. The van der Waals surface area contributed by atoms with Crippen LogP contribution in [0.4, 0.5) is 18.0 Å². The van der Waals surface area contributed by atoms with Crippen molar-refractivity contribution in [1.82, 2.24) is 9.88 Å². The van der Waals surface area contributed by atoms with Gasteiger partial charge in [0.15, 0.2) is 0 Å². The van der Waals surface area contributed by atoms with E-state index < -0.39 is 17.5 Å². The number of likely N-dealkylation sites (tertiary alicyclic amines) is 1. The molecule has 2 fully saturated rings. The van der Waals surface area contributed by atoms with Crippen molar-refractivity contribution < 1.29 is 27.4 Å². The van der Waals surface area contributed by atoms with Gasteiger partial charge in [-0.15, -0.1) is 0 Å². The number of hydrogen-bond donors (Lipinski definition) is 0. The maximum Gasteiger partial charge on any atom is 0.433 e. The molecule has 1 spiro atoms. The van der Waals surface area contributed by atoms with Gasteiger partial charge in [0.25, 0.3) is 0 Å². The molecule has 1 aromatic rings. The van der Waals surface area contributed by atoms with Crippen molar-refractivity contribution in [2.45, 2.75) is 51.5 Å². The zero-order valence-electron chi connectivity index (χ0n) is 14.4. The van der Waals surface area contributed by atoms with Crippen LogP contribution >= 0.6 is 0 Å². The molecule has 1 saturated carbocycles. The van der Waals surface area contributed by atoms with Gasteiger partial charge in [0.2, 0.25) is 0 Å². The fourth-order valence-electron chi connectivity index (χ4n) is 3.28. The summed E-state index contributed by atoms with van der Waals surface area (Å²) in [5, 5.41) is 0. The molecule has 3 rings (SSSR count). The summed E-state index contributed by atoms with van der Waals surface area (Å²) in [5.41, 5.74) is -1.39. The Bertz CT molecular complexity index is 639. The van der Waals surface area contributed by atoms with E-state index in [1.54, 1.807) is 4.90 Å². The molecule has 0 N–H and O–H groups in total. The highest BCUT2D eigenvalue weighted by atomic mass is 19.4. The van der Waals surface area contributed by atoms with Crippen LogP contribution in [0.1, 0.15) is 39.3 Å². The van der Waals surface area contributed by atoms with Gasteiger partial charge >= 0.3 is 12.3 Å². The Balaban J connectivity index is 1.44. The predicted molar refractivity (Wildman–Crippen MR) is 83.1 cm³/mol. The zero-order valence-corrected chi connectivity index (χ0v) is 14.4. The monoisotopic (exact) mass is 358 g/mol. The van der Waals surface area contributed by atoms with Gasteiger partial charge in [0, 0.05) is 18.5 Å². The molecule has 0 radical (unpaired) electrons. The summed E-state index contributed by atoms with van der Waals surface area (Å²) in [7, 11) is 0. The molecule has 1 aromatic heterocycles. The minimum absolute atomic E-state index is 0.0562. The van der Waals surface area contributed by atoms with Crippen LogP contribution in [0.3, 0.4) is 0 Å². The first kappa shape index (κ1) is 17.8. The van der Waals surface area contributed by atoms with Gasteiger partial charge in [-0.1, -0.05) is 0 Å². The molecule has 2 heterocycles. The number of amides is 1. The summed E-state index contributed by atoms with van der Waals surface area (Å²) in [6, 6.07) is 2.20. The Morgan fingerprint density at radius 2 is 1.88 bits per heavy atom. The first-order valence-electron chi connectivity index (χ1n) is 8.14. The second kappa shape index (κ2) is 5.78. The second-order valence-electron chi connectivity index (χ2n) is 7.86. The van der Waals surface area contributed by atoms with Crippen LogP contribution < -0.4 is 4.74 Å².